The smallest absolute Gasteiger partial charge is 0.118 e. The Balaban J connectivity index is 1.93. The van der Waals surface area contributed by atoms with Crippen LogP contribution in [0.15, 0.2) is 83.8 Å². The molecule has 0 aliphatic rings. The topological polar surface area (TPSA) is 9.23 Å². The fourth-order valence-electron chi connectivity index (χ4n) is 2.38. The van der Waals surface area contributed by atoms with Crippen molar-refractivity contribution in [1.29, 1.82) is 0 Å². The van der Waals surface area contributed by atoms with E-state index >= 15 is 0 Å². The lowest BCUT2D eigenvalue weighted by Crippen LogP contribution is -1.96. The van der Waals surface area contributed by atoms with Crippen molar-refractivity contribution in [2.45, 2.75) is 10.1 Å². The Bertz CT molecular complexity index is 739. The molecule has 0 heterocycles. The van der Waals surface area contributed by atoms with E-state index < -0.39 is 0 Å². The molecule has 3 aromatic carbocycles. The third-order valence-corrected chi connectivity index (χ3v) is 5.16. The molecule has 0 N–H and O–H groups in total. The van der Waals surface area contributed by atoms with Gasteiger partial charge in [-0.1, -0.05) is 54.1 Å². The van der Waals surface area contributed by atoms with E-state index in [1.807, 2.05) is 42.1 Å². The number of hydrogen-bond donors (Lipinski definition) is 0. The van der Waals surface area contributed by atoms with Crippen LogP contribution in [-0.4, -0.2) is 7.11 Å². The summed E-state index contributed by atoms with van der Waals surface area (Å²) in [6, 6.07) is 26.8. The van der Waals surface area contributed by atoms with Crippen LogP contribution in [0.4, 0.5) is 0 Å². The maximum atomic E-state index is 6.04. The monoisotopic (exact) mass is 340 g/mol. The first-order valence-electron chi connectivity index (χ1n) is 7.37. The lowest BCUT2D eigenvalue weighted by molar-refractivity contribution is 0.414. The van der Waals surface area contributed by atoms with Crippen LogP contribution in [-0.2, 0) is 0 Å². The highest BCUT2D eigenvalue weighted by Gasteiger charge is 2.15. The van der Waals surface area contributed by atoms with Crippen LogP contribution >= 0.6 is 23.4 Å². The molecule has 116 valence electrons. The predicted octanol–water partition coefficient (Wildman–Crippen LogP) is 6.23. The van der Waals surface area contributed by atoms with Crippen molar-refractivity contribution >= 4 is 23.4 Å². The lowest BCUT2D eigenvalue weighted by Gasteiger charge is -2.18. The molecule has 23 heavy (non-hydrogen) atoms. The predicted molar refractivity (Wildman–Crippen MR) is 98.6 cm³/mol. The summed E-state index contributed by atoms with van der Waals surface area (Å²) in [5.74, 6) is 0.872. The van der Waals surface area contributed by atoms with Gasteiger partial charge in [-0.15, -0.1) is 11.8 Å². The minimum Gasteiger partial charge on any atom is -0.497 e. The van der Waals surface area contributed by atoms with Crippen molar-refractivity contribution in [3.63, 3.8) is 0 Å². The van der Waals surface area contributed by atoms with Gasteiger partial charge < -0.3 is 4.74 Å². The average Bonchev–Trinajstić information content (AvgIpc) is 2.62. The summed E-state index contributed by atoms with van der Waals surface area (Å²) in [7, 11) is 1.68. The minimum atomic E-state index is 0.224. The summed E-state index contributed by atoms with van der Waals surface area (Å²) in [6.07, 6.45) is 0. The van der Waals surface area contributed by atoms with E-state index in [9.17, 15) is 0 Å². The molecule has 3 heteroatoms. The molecule has 1 atom stereocenters. The van der Waals surface area contributed by atoms with Crippen LogP contribution in [0, 0.1) is 0 Å². The van der Waals surface area contributed by atoms with Gasteiger partial charge >= 0.3 is 0 Å². The Morgan fingerprint density at radius 2 is 1.39 bits per heavy atom. The number of rotatable bonds is 5. The molecule has 0 fully saturated rings. The van der Waals surface area contributed by atoms with E-state index in [1.165, 1.54) is 16.0 Å². The highest BCUT2D eigenvalue weighted by atomic mass is 35.5. The van der Waals surface area contributed by atoms with E-state index in [0.717, 1.165) is 10.8 Å². The number of methoxy groups -OCH3 is 1. The molecule has 0 aliphatic heterocycles. The maximum absolute atomic E-state index is 6.04. The van der Waals surface area contributed by atoms with Crippen LogP contribution in [0.3, 0.4) is 0 Å². The molecule has 3 aromatic rings. The van der Waals surface area contributed by atoms with Crippen molar-refractivity contribution in [2.24, 2.45) is 0 Å². The van der Waals surface area contributed by atoms with E-state index in [1.54, 1.807) is 7.11 Å². The molecular weight excluding hydrogens is 324 g/mol. The Morgan fingerprint density at radius 1 is 0.783 bits per heavy atom. The number of halogens is 1. The van der Waals surface area contributed by atoms with E-state index in [4.69, 9.17) is 16.3 Å². The second-order valence-electron chi connectivity index (χ2n) is 5.14. The Morgan fingerprint density at radius 3 is 2.00 bits per heavy atom. The normalized spacial score (nSPS) is 11.9. The molecule has 1 nitrogen and oxygen atoms in total. The van der Waals surface area contributed by atoms with Gasteiger partial charge in [0.15, 0.2) is 0 Å². The van der Waals surface area contributed by atoms with Crippen molar-refractivity contribution < 1.29 is 4.74 Å². The summed E-state index contributed by atoms with van der Waals surface area (Å²) < 4.78 is 5.23. The van der Waals surface area contributed by atoms with Crippen LogP contribution in [0.2, 0.25) is 5.02 Å². The Hall–Kier alpha value is -1.90. The fraction of sp³-hybridized carbons (Fsp3) is 0.100. The quantitative estimate of drug-likeness (QED) is 0.509. The van der Waals surface area contributed by atoms with Crippen LogP contribution in [0.25, 0.3) is 0 Å². The van der Waals surface area contributed by atoms with Gasteiger partial charge in [0, 0.05) is 9.92 Å². The molecule has 0 aromatic heterocycles. The Labute approximate surface area is 146 Å². The number of benzene rings is 3. The molecule has 3 rings (SSSR count). The summed E-state index contributed by atoms with van der Waals surface area (Å²) in [4.78, 5) is 1.20. The molecule has 0 spiro atoms. The zero-order valence-corrected chi connectivity index (χ0v) is 14.3. The highest BCUT2D eigenvalue weighted by Crippen LogP contribution is 2.41. The third kappa shape index (κ3) is 4.10. The van der Waals surface area contributed by atoms with Crippen molar-refractivity contribution in [1.82, 2.24) is 0 Å². The minimum absolute atomic E-state index is 0.224. The first kappa shape index (κ1) is 16.0. The van der Waals surface area contributed by atoms with Crippen molar-refractivity contribution in [3.8, 4) is 5.75 Å². The number of thioether (sulfide) groups is 1. The lowest BCUT2D eigenvalue weighted by atomic mass is 10.0. The summed E-state index contributed by atoms with van der Waals surface area (Å²) in [5, 5.41) is 0.983. The van der Waals surface area contributed by atoms with Crippen LogP contribution in [0.1, 0.15) is 16.4 Å². The molecule has 0 saturated heterocycles. The molecule has 0 bridgehead atoms. The summed E-state index contributed by atoms with van der Waals surface area (Å²) >= 11 is 7.86. The highest BCUT2D eigenvalue weighted by molar-refractivity contribution is 7.99. The second kappa shape index (κ2) is 7.58. The van der Waals surface area contributed by atoms with Gasteiger partial charge in [-0.2, -0.15) is 0 Å². The van der Waals surface area contributed by atoms with Gasteiger partial charge in [-0.3, -0.25) is 0 Å². The average molecular weight is 341 g/mol. The molecule has 0 amide bonds. The zero-order chi connectivity index (χ0) is 16.1. The second-order valence-corrected chi connectivity index (χ2v) is 6.75. The van der Waals surface area contributed by atoms with Gasteiger partial charge in [0.05, 0.1) is 12.4 Å². The molecular formula is C20H17ClOS. The molecule has 0 radical (unpaired) electrons. The van der Waals surface area contributed by atoms with Gasteiger partial charge in [0.2, 0.25) is 0 Å². The van der Waals surface area contributed by atoms with Gasteiger partial charge in [0.1, 0.15) is 5.75 Å². The molecule has 0 aliphatic carbocycles. The number of ether oxygens (including phenoxy) is 1. The first-order chi connectivity index (χ1) is 11.3. The van der Waals surface area contributed by atoms with Gasteiger partial charge in [0.25, 0.3) is 0 Å². The van der Waals surface area contributed by atoms with Crippen LogP contribution < -0.4 is 4.74 Å². The van der Waals surface area contributed by atoms with Crippen molar-refractivity contribution in [2.75, 3.05) is 7.11 Å². The standard InChI is InChI=1S/C20H17ClOS/c1-22-18-11-13-19(14-12-18)23-20(15-5-3-2-4-6-15)16-7-9-17(21)10-8-16/h2-14,20H,1H3/t20-/m1/s1. The van der Waals surface area contributed by atoms with E-state index in [-0.39, 0.29) is 5.25 Å². The van der Waals surface area contributed by atoms with Crippen LogP contribution in [0.5, 0.6) is 5.75 Å². The third-order valence-electron chi connectivity index (χ3n) is 3.59. The first-order valence-corrected chi connectivity index (χ1v) is 8.63. The number of hydrogen-bond acceptors (Lipinski definition) is 2. The fourth-order valence-corrected chi connectivity index (χ4v) is 3.66. The molecule has 0 saturated carbocycles. The SMILES string of the molecule is COc1ccc(S[C@H](c2ccccc2)c2ccc(Cl)cc2)cc1. The zero-order valence-electron chi connectivity index (χ0n) is 12.8. The largest absolute Gasteiger partial charge is 0.497 e. The van der Waals surface area contributed by atoms with Crippen molar-refractivity contribution in [3.05, 3.63) is 95.0 Å². The summed E-state index contributed by atoms with van der Waals surface area (Å²) in [5.41, 5.74) is 2.51. The maximum Gasteiger partial charge on any atom is 0.118 e. The molecule has 0 unspecified atom stereocenters. The Kier molecular flexibility index (Phi) is 5.27. The van der Waals surface area contributed by atoms with E-state index in [2.05, 4.69) is 48.5 Å². The van der Waals surface area contributed by atoms with Gasteiger partial charge in [-0.25, -0.2) is 0 Å². The van der Waals surface area contributed by atoms with Gasteiger partial charge in [-0.05, 0) is 47.5 Å². The summed E-state index contributed by atoms with van der Waals surface area (Å²) in [6.45, 7) is 0. The van der Waals surface area contributed by atoms with E-state index in [0.29, 0.717) is 0 Å².